The highest BCUT2D eigenvalue weighted by molar-refractivity contribution is 5.68. The highest BCUT2D eigenvalue weighted by Gasteiger charge is 2.23. The first-order valence-corrected chi connectivity index (χ1v) is 6.76. The molecule has 1 atom stereocenters. The van der Waals surface area contributed by atoms with Gasteiger partial charge in [0.25, 0.3) is 0 Å². The Balaban J connectivity index is 1.97. The molecule has 1 saturated heterocycles. The van der Waals surface area contributed by atoms with Crippen molar-refractivity contribution in [1.82, 2.24) is 10.1 Å². The average molecular weight is 291 g/mol. The number of rotatable bonds is 5. The van der Waals surface area contributed by atoms with Gasteiger partial charge in [0.1, 0.15) is 6.10 Å². The van der Waals surface area contributed by atoms with Crippen LogP contribution in [0.15, 0.2) is 22.7 Å². The van der Waals surface area contributed by atoms with Crippen molar-refractivity contribution in [1.29, 1.82) is 0 Å². The second-order valence-electron chi connectivity index (χ2n) is 4.66. The maximum atomic E-state index is 6.02. The number of nitrogens with zero attached hydrogens (tertiary/aromatic N) is 2. The zero-order chi connectivity index (χ0) is 14.7. The molecular formula is C14H17N3O4. The number of hydrogen-bond acceptors (Lipinski definition) is 7. The number of para-hydroxylation sites is 1. The summed E-state index contributed by atoms with van der Waals surface area (Å²) in [4.78, 5) is 4.24. The van der Waals surface area contributed by atoms with E-state index in [-0.39, 0.29) is 12.6 Å². The van der Waals surface area contributed by atoms with E-state index < -0.39 is 0 Å². The molecule has 7 nitrogen and oxygen atoms in total. The van der Waals surface area contributed by atoms with E-state index in [0.717, 1.165) is 6.42 Å². The Morgan fingerprint density at radius 2 is 2.33 bits per heavy atom. The molecule has 1 aliphatic rings. The summed E-state index contributed by atoms with van der Waals surface area (Å²) in [5.74, 6) is 2.03. The van der Waals surface area contributed by atoms with Crippen molar-refractivity contribution in [3.63, 3.8) is 0 Å². The predicted octanol–water partition coefficient (Wildman–Crippen LogP) is 1.37. The van der Waals surface area contributed by atoms with Crippen molar-refractivity contribution in [3.8, 4) is 22.9 Å². The smallest absolute Gasteiger partial charge is 0.240 e. The third-order valence-corrected chi connectivity index (χ3v) is 3.25. The second-order valence-corrected chi connectivity index (χ2v) is 4.66. The highest BCUT2D eigenvalue weighted by atomic mass is 16.6. The zero-order valence-electron chi connectivity index (χ0n) is 11.7. The van der Waals surface area contributed by atoms with Crippen LogP contribution < -0.4 is 15.2 Å². The summed E-state index contributed by atoms with van der Waals surface area (Å²) in [6.07, 6.45) is 0.846. The minimum absolute atomic E-state index is 0.000861. The van der Waals surface area contributed by atoms with E-state index in [2.05, 4.69) is 10.1 Å². The van der Waals surface area contributed by atoms with Gasteiger partial charge in [-0.25, -0.2) is 0 Å². The lowest BCUT2D eigenvalue weighted by molar-refractivity contribution is 0.139. The van der Waals surface area contributed by atoms with Crippen molar-refractivity contribution < 1.29 is 18.7 Å². The van der Waals surface area contributed by atoms with Gasteiger partial charge in [-0.2, -0.15) is 4.98 Å². The third-order valence-electron chi connectivity index (χ3n) is 3.25. The molecule has 1 fully saturated rings. The Labute approximate surface area is 122 Å². The summed E-state index contributed by atoms with van der Waals surface area (Å²) in [5, 5.41) is 3.93. The largest absolute Gasteiger partial charge is 0.493 e. The van der Waals surface area contributed by atoms with Gasteiger partial charge in [0.15, 0.2) is 11.5 Å². The van der Waals surface area contributed by atoms with E-state index in [1.165, 1.54) is 0 Å². The molecule has 1 aromatic carbocycles. The molecule has 1 aromatic heterocycles. The van der Waals surface area contributed by atoms with Gasteiger partial charge in [-0.15, -0.1) is 0 Å². The second kappa shape index (κ2) is 6.11. The van der Waals surface area contributed by atoms with Gasteiger partial charge in [-0.05, 0) is 12.1 Å². The fourth-order valence-corrected chi connectivity index (χ4v) is 2.19. The molecule has 7 heteroatoms. The van der Waals surface area contributed by atoms with Crippen molar-refractivity contribution in [2.45, 2.75) is 19.1 Å². The van der Waals surface area contributed by atoms with Gasteiger partial charge in [-0.3, -0.25) is 0 Å². The van der Waals surface area contributed by atoms with E-state index in [4.69, 9.17) is 24.5 Å². The number of aromatic nitrogens is 2. The number of hydrogen-bond donors (Lipinski definition) is 1. The lowest BCUT2D eigenvalue weighted by Crippen LogP contribution is -2.16. The molecule has 112 valence electrons. The molecule has 0 aliphatic carbocycles. The fourth-order valence-electron chi connectivity index (χ4n) is 2.19. The minimum atomic E-state index is 0.000861. The molecule has 2 aromatic rings. The van der Waals surface area contributed by atoms with Gasteiger partial charge < -0.3 is 24.5 Å². The summed E-state index contributed by atoms with van der Waals surface area (Å²) in [7, 11) is 1.60. The summed E-state index contributed by atoms with van der Waals surface area (Å²) < 4.78 is 21.8. The molecule has 0 spiro atoms. The van der Waals surface area contributed by atoms with Gasteiger partial charge >= 0.3 is 0 Å². The lowest BCUT2D eigenvalue weighted by atomic mass is 10.1. The average Bonchev–Trinajstić information content (AvgIpc) is 3.18. The van der Waals surface area contributed by atoms with Crippen LogP contribution in [0.5, 0.6) is 11.5 Å². The Morgan fingerprint density at radius 3 is 3.00 bits per heavy atom. The number of methoxy groups -OCH3 is 1. The van der Waals surface area contributed by atoms with Crippen LogP contribution in [0.25, 0.3) is 11.4 Å². The molecule has 0 amide bonds. The predicted molar refractivity (Wildman–Crippen MR) is 74.0 cm³/mol. The van der Waals surface area contributed by atoms with E-state index in [1.54, 1.807) is 7.11 Å². The molecule has 0 bridgehead atoms. The van der Waals surface area contributed by atoms with Crippen molar-refractivity contribution in [3.05, 3.63) is 24.1 Å². The number of nitrogens with two attached hydrogens (primary N) is 1. The van der Waals surface area contributed by atoms with Crippen LogP contribution in [-0.2, 0) is 11.3 Å². The minimum Gasteiger partial charge on any atom is -0.493 e. The topological polar surface area (TPSA) is 92.6 Å². The Hall–Kier alpha value is -2.12. The van der Waals surface area contributed by atoms with Crippen LogP contribution in [0.1, 0.15) is 12.3 Å². The van der Waals surface area contributed by atoms with Crippen LogP contribution in [0.3, 0.4) is 0 Å². The fraction of sp³-hybridized carbons (Fsp3) is 0.429. The van der Waals surface area contributed by atoms with Crippen LogP contribution in [0.2, 0.25) is 0 Å². The molecule has 3 rings (SSSR count). The first kappa shape index (κ1) is 13.8. The summed E-state index contributed by atoms with van der Waals surface area (Å²) in [5.41, 5.74) is 6.21. The molecule has 0 saturated carbocycles. The summed E-state index contributed by atoms with van der Waals surface area (Å²) >= 11 is 0. The lowest BCUT2D eigenvalue weighted by Gasteiger charge is -2.17. The van der Waals surface area contributed by atoms with Gasteiger partial charge in [0, 0.05) is 6.42 Å². The molecule has 21 heavy (non-hydrogen) atoms. The maximum Gasteiger partial charge on any atom is 0.240 e. The Bertz CT molecular complexity index is 608. The standard InChI is InChI=1S/C14H17N3O4/c1-18-11-4-2-3-10(14-16-12(7-15)21-17-14)13(11)20-9-5-6-19-8-9/h2-4,9H,5-8,15H2,1H3. The Morgan fingerprint density at radius 1 is 1.43 bits per heavy atom. The summed E-state index contributed by atoms with van der Waals surface area (Å²) in [6, 6.07) is 5.54. The first-order chi connectivity index (χ1) is 10.3. The van der Waals surface area contributed by atoms with Gasteiger partial charge in [0.2, 0.25) is 11.7 Å². The van der Waals surface area contributed by atoms with Crippen LogP contribution in [-0.4, -0.2) is 36.6 Å². The van der Waals surface area contributed by atoms with Crippen molar-refractivity contribution >= 4 is 0 Å². The zero-order valence-corrected chi connectivity index (χ0v) is 11.7. The molecule has 1 aliphatic heterocycles. The van der Waals surface area contributed by atoms with Crippen molar-refractivity contribution in [2.24, 2.45) is 5.73 Å². The third kappa shape index (κ3) is 2.84. The van der Waals surface area contributed by atoms with Gasteiger partial charge in [-0.1, -0.05) is 11.2 Å². The molecule has 0 radical (unpaired) electrons. The molecule has 2 heterocycles. The van der Waals surface area contributed by atoms with Gasteiger partial charge in [0.05, 0.1) is 32.4 Å². The highest BCUT2D eigenvalue weighted by Crippen LogP contribution is 2.38. The van der Waals surface area contributed by atoms with Crippen LogP contribution in [0.4, 0.5) is 0 Å². The van der Waals surface area contributed by atoms with E-state index in [0.29, 0.717) is 42.0 Å². The Kier molecular flexibility index (Phi) is 4.03. The van der Waals surface area contributed by atoms with E-state index in [9.17, 15) is 0 Å². The molecular weight excluding hydrogens is 274 g/mol. The van der Waals surface area contributed by atoms with Crippen LogP contribution >= 0.6 is 0 Å². The normalized spacial score (nSPS) is 17.9. The first-order valence-electron chi connectivity index (χ1n) is 6.76. The quantitative estimate of drug-likeness (QED) is 0.889. The van der Waals surface area contributed by atoms with E-state index in [1.807, 2.05) is 18.2 Å². The summed E-state index contributed by atoms with van der Waals surface area (Å²) in [6.45, 7) is 1.47. The molecule has 1 unspecified atom stereocenters. The number of benzene rings is 1. The monoisotopic (exact) mass is 291 g/mol. The number of ether oxygens (including phenoxy) is 3. The van der Waals surface area contributed by atoms with E-state index >= 15 is 0 Å². The molecule has 2 N–H and O–H groups in total. The maximum absolute atomic E-state index is 6.02. The van der Waals surface area contributed by atoms with Crippen molar-refractivity contribution in [2.75, 3.05) is 20.3 Å². The SMILES string of the molecule is COc1cccc(-c2noc(CN)n2)c1OC1CCOC1. The van der Waals surface area contributed by atoms with Crippen LogP contribution in [0, 0.1) is 0 Å².